The zero-order valence-electron chi connectivity index (χ0n) is 18.3. The third-order valence-electron chi connectivity index (χ3n) is 5.84. The number of nitrogens with two attached hydrogens (primary N) is 1. The molecule has 2 heterocycles. The van der Waals surface area contributed by atoms with E-state index in [2.05, 4.69) is 33.0 Å². The van der Waals surface area contributed by atoms with Gasteiger partial charge in [-0.25, -0.2) is 9.38 Å². The number of rotatable bonds is 7. The number of ketones is 1. The molecule has 6 nitrogen and oxygen atoms in total. The molecule has 1 aromatic heterocycles. The lowest BCUT2D eigenvalue weighted by molar-refractivity contribution is -0.125. The molecule has 0 bridgehead atoms. The van der Waals surface area contributed by atoms with E-state index >= 15 is 0 Å². The van der Waals surface area contributed by atoms with Crippen LogP contribution in [0.5, 0.6) is 0 Å². The highest BCUT2D eigenvalue weighted by Gasteiger charge is 2.36. The van der Waals surface area contributed by atoms with E-state index in [1.807, 2.05) is 29.0 Å². The molecule has 2 aromatic carbocycles. The van der Waals surface area contributed by atoms with Gasteiger partial charge in [0.15, 0.2) is 16.2 Å². The van der Waals surface area contributed by atoms with E-state index < -0.39 is 5.66 Å². The number of alkyl halides is 1. The Labute approximate surface area is 204 Å². The van der Waals surface area contributed by atoms with Gasteiger partial charge in [-0.1, -0.05) is 35.0 Å². The number of anilines is 1. The molecule has 0 radical (unpaired) electrons. The first-order chi connectivity index (χ1) is 16.0. The summed E-state index contributed by atoms with van der Waals surface area (Å²) in [6.07, 6.45) is 0.392. The Kier molecular flexibility index (Phi) is 7.43. The van der Waals surface area contributed by atoms with Crippen molar-refractivity contribution >= 4 is 44.4 Å². The summed E-state index contributed by atoms with van der Waals surface area (Å²) in [5.41, 5.74) is 8.92. The van der Waals surface area contributed by atoms with Crippen molar-refractivity contribution in [3.05, 3.63) is 64.5 Å². The van der Waals surface area contributed by atoms with Gasteiger partial charge in [0.25, 0.3) is 0 Å². The number of Topliss-reactive ketones (excluding diaryl/α,β-unsaturated/α-hetero) is 1. The number of thiazole rings is 1. The lowest BCUT2D eigenvalue weighted by atomic mass is 10.0. The van der Waals surface area contributed by atoms with Crippen LogP contribution in [0.25, 0.3) is 11.3 Å². The van der Waals surface area contributed by atoms with Crippen molar-refractivity contribution in [1.29, 1.82) is 0 Å². The Hall–Kier alpha value is -2.33. The highest BCUT2D eigenvalue weighted by atomic mass is 79.9. The van der Waals surface area contributed by atoms with Crippen LogP contribution in [0.4, 0.5) is 15.8 Å². The lowest BCUT2D eigenvalue weighted by Crippen LogP contribution is -2.54. The number of aromatic nitrogens is 1. The maximum absolute atomic E-state index is 13.4. The molecule has 1 saturated heterocycles. The fourth-order valence-corrected chi connectivity index (χ4v) is 5.33. The van der Waals surface area contributed by atoms with E-state index in [1.54, 1.807) is 12.1 Å². The Morgan fingerprint density at radius 2 is 1.85 bits per heavy atom. The fraction of sp³-hybridized carbons (Fsp3) is 0.333. The first kappa shape index (κ1) is 23.8. The van der Waals surface area contributed by atoms with Crippen LogP contribution in [0.1, 0.15) is 13.3 Å². The van der Waals surface area contributed by atoms with Gasteiger partial charge in [0.1, 0.15) is 5.82 Å². The molecule has 1 aliphatic heterocycles. The van der Waals surface area contributed by atoms with Crippen molar-refractivity contribution in [2.45, 2.75) is 19.0 Å². The summed E-state index contributed by atoms with van der Waals surface area (Å²) in [6, 6.07) is 14.2. The maximum Gasteiger partial charge on any atom is 0.192 e. The molecule has 174 valence electrons. The third kappa shape index (κ3) is 4.96. The van der Waals surface area contributed by atoms with Crippen molar-refractivity contribution in [3.63, 3.8) is 0 Å². The molecule has 1 atom stereocenters. The summed E-state index contributed by atoms with van der Waals surface area (Å²) in [5.74, 6) is -0.472. The van der Waals surface area contributed by atoms with E-state index in [0.717, 1.165) is 43.2 Å². The summed E-state index contributed by atoms with van der Waals surface area (Å²) in [7, 11) is 0. The third-order valence-corrected chi connectivity index (χ3v) is 7.18. The Morgan fingerprint density at radius 1 is 1.18 bits per heavy atom. The van der Waals surface area contributed by atoms with Gasteiger partial charge in [-0.15, -0.1) is 11.3 Å². The largest absolute Gasteiger partial charge is 0.378 e. The van der Waals surface area contributed by atoms with Crippen LogP contribution in [-0.2, 0) is 15.2 Å². The topological polar surface area (TPSA) is 72.9 Å². The molecule has 1 fully saturated rings. The van der Waals surface area contributed by atoms with Crippen molar-refractivity contribution in [2.24, 2.45) is 10.7 Å². The minimum atomic E-state index is -1.28. The molecule has 0 spiro atoms. The van der Waals surface area contributed by atoms with E-state index in [0.29, 0.717) is 16.9 Å². The van der Waals surface area contributed by atoms with E-state index in [1.165, 1.54) is 23.5 Å². The van der Waals surface area contributed by atoms with Crippen LogP contribution in [0.2, 0.25) is 0 Å². The Morgan fingerprint density at radius 3 is 2.45 bits per heavy atom. The number of carbonyl (C=O) groups excluding carboxylic acids is 1. The molecule has 0 saturated carbocycles. The number of benzene rings is 2. The number of hydrogen-bond donors (Lipinski definition) is 1. The predicted molar refractivity (Wildman–Crippen MR) is 134 cm³/mol. The van der Waals surface area contributed by atoms with Crippen molar-refractivity contribution < 1.29 is 13.9 Å². The summed E-state index contributed by atoms with van der Waals surface area (Å²) in [5, 5.41) is 2.09. The van der Waals surface area contributed by atoms with E-state index in [-0.39, 0.29) is 16.9 Å². The molecule has 0 aliphatic carbocycles. The van der Waals surface area contributed by atoms with Crippen molar-refractivity contribution in [1.82, 2.24) is 4.57 Å². The molecular formula is C24H26BrFN4O2S. The second kappa shape index (κ2) is 10.3. The van der Waals surface area contributed by atoms with Crippen molar-refractivity contribution in [3.8, 4) is 11.3 Å². The van der Waals surface area contributed by atoms with Gasteiger partial charge in [-0.3, -0.25) is 9.36 Å². The van der Waals surface area contributed by atoms with Gasteiger partial charge in [0, 0.05) is 24.2 Å². The van der Waals surface area contributed by atoms with Gasteiger partial charge in [-0.2, -0.15) is 0 Å². The molecule has 1 unspecified atom stereocenters. The quantitative estimate of drug-likeness (QED) is 0.457. The zero-order valence-corrected chi connectivity index (χ0v) is 20.7. The number of morpholine rings is 1. The van der Waals surface area contributed by atoms with Gasteiger partial charge >= 0.3 is 0 Å². The summed E-state index contributed by atoms with van der Waals surface area (Å²) < 4.78 is 20.6. The highest BCUT2D eigenvalue weighted by Crippen LogP contribution is 2.29. The lowest BCUT2D eigenvalue weighted by Gasteiger charge is -2.30. The van der Waals surface area contributed by atoms with Gasteiger partial charge in [-0.05, 0) is 48.4 Å². The van der Waals surface area contributed by atoms with Crippen LogP contribution in [-0.4, -0.2) is 42.0 Å². The van der Waals surface area contributed by atoms with Crippen LogP contribution < -0.4 is 15.4 Å². The fourth-order valence-electron chi connectivity index (χ4n) is 3.86. The Bertz CT molecular complexity index is 1170. The van der Waals surface area contributed by atoms with Gasteiger partial charge in [0.05, 0.1) is 29.9 Å². The summed E-state index contributed by atoms with van der Waals surface area (Å²) >= 11 is 4.68. The van der Waals surface area contributed by atoms with Crippen molar-refractivity contribution in [2.75, 3.05) is 36.5 Å². The molecule has 3 aromatic rings. The standard InChI is InChI=1S/C24H26BrFN4O2S/c1-2-24(27,22(31)15-25)30-21(16-33-23(30)28-19-7-5-18(26)6-8-19)17-3-9-20(10-4-17)29-11-13-32-14-12-29/h3-10,16H,2,11-15,27H2,1H3. The second-order valence-electron chi connectivity index (χ2n) is 7.81. The van der Waals surface area contributed by atoms with Gasteiger partial charge in [0.2, 0.25) is 0 Å². The number of nitrogens with zero attached hydrogens (tertiary/aromatic N) is 3. The normalized spacial score (nSPS) is 16.6. The Balaban J connectivity index is 1.82. The number of hydrogen-bond acceptors (Lipinski definition) is 6. The number of carbonyl (C=O) groups is 1. The van der Waals surface area contributed by atoms with Crippen LogP contribution >= 0.6 is 27.3 Å². The molecule has 1 aliphatic rings. The zero-order chi connectivity index (χ0) is 23.4. The van der Waals surface area contributed by atoms with E-state index in [4.69, 9.17) is 15.5 Å². The average Bonchev–Trinajstić information content (AvgIpc) is 3.29. The molecule has 2 N–H and O–H groups in total. The van der Waals surface area contributed by atoms with E-state index in [9.17, 15) is 9.18 Å². The van der Waals surface area contributed by atoms with Crippen LogP contribution in [0, 0.1) is 5.82 Å². The first-order valence-corrected chi connectivity index (χ1v) is 12.8. The van der Waals surface area contributed by atoms with Crippen LogP contribution in [0.3, 0.4) is 0 Å². The predicted octanol–water partition coefficient (Wildman–Crippen LogP) is 4.41. The summed E-state index contributed by atoms with van der Waals surface area (Å²) in [4.78, 5) is 20.5. The minimum absolute atomic E-state index is 0.131. The minimum Gasteiger partial charge on any atom is -0.378 e. The molecular weight excluding hydrogens is 507 g/mol. The first-order valence-electron chi connectivity index (χ1n) is 10.8. The molecule has 9 heteroatoms. The smallest absolute Gasteiger partial charge is 0.192 e. The highest BCUT2D eigenvalue weighted by molar-refractivity contribution is 9.09. The summed E-state index contributed by atoms with van der Waals surface area (Å²) in [6.45, 7) is 5.06. The van der Waals surface area contributed by atoms with Crippen LogP contribution in [0.15, 0.2) is 58.9 Å². The molecule has 4 rings (SSSR count). The van der Waals surface area contributed by atoms with Gasteiger partial charge < -0.3 is 15.4 Å². The second-order valence-corrected chi connectivity index (χ2v) is 9.21. The average molecular weight is 533 g/mol. The molecule has 33 heavy (non-hydrogen) atoms. The number of ether oxygens (including phenoxy) is 1. The monoisotopic (exact) mass is 532 g/mol. The SMILES string of the molecule is CCC(N)(C(=O)CBr)n1c(-c2ccc(N3CCOCC3)cc2)csc1=Nc1ccc(F)cc1. The molecule has 0 amide bonds. The number of halogens is 2. The maximum atomic E-state index is 13.4.